The molecule has 0 aromatic carbocycles. The molecule has 1 saturated carbocycles. The summed E-state index contributed by atoms with van der Waals surface area (Å²) >= 11 is 0. The topological polar surface area (TPSA) is 29.3 Å². The second-order valence-electron chi connectivity index (χ2n) is 4.69. The van der Waals surface area contributed by atoms with E-state index < -0.39 is 0 Å². The third-order valence-electron chi connectivity index (χ3n) is 3.66. The number of rotatable bonds is 5. The molecule has 0 aliphatic heterocycles. The average molecular weight is 184 g/mol. The summed E-state index contributed by atoms with van der Waals surface area (Å²) in [5.41, 5.74) is 5.66. The highest BCUT2D eigenvalue weighted by molar-refractivity contribution is 4.77. The standard InChI is InChI=1S/C11H24N2/c1-9(7-12)10(2)13(3)8-11-5-4-6-11/h9-11H,4-8,12H2,1-3H3. The van der Waals surface area contributed by atoms with E-state index in [0.29, 0.717) is 12.0 Å². The van der Waals surface area contributed by atoms with E-state index in [1.165, 1.54) is 25.8 Å². The lowest BCUT2D eigenvalue weighted by Gasteiger charge is -2.35. The van der Waals surface area contributed by atoms with Crippen LogP contribution in [0.1, 0.15) is 33.1 Å². The zero-order valence-electron chi connectivity index (χ0n) is 9.29. The SMILES string of the molecule is CC(CN)C(C)N(C)CC1CCC1. The molecule has 0 aromatic heterocycles. The smallest absolute Gasteiger partial charge is 0.0102 e. The third-order valence-corrected chi connectivity index (χ3v) is 3.66. The molecule has 0 heterocycles. The first-order valence-corrected chi connectivity index (χ1v) is 5.55. The number of nitrogens with zero attached hydrogens (tertiary/aromatic N) is 1. The van der Waals surface area contributed by atoms with E-state index in [4.69, 9.17) is 5.73 Å². The van der Waals surface area contributed by atoms with Gasteiger partial charge in [0.15, 0.2) is 0 Å². The summed E-state index contributed by atoms with van der Waals surface area (Å²) in [4.78, 5) is 2.47. The summed E-state index contributed by atoms with van der Waals surface area (Å²) in [6, 6.07) is 0.630. The van der Waals surface area contributed by atoms with Gasteiger partial charge in [-0.2, -0.15) is 0 Å². The summed E-state index contributed by atoms with van der Waals surface area (Å²) in [7, 11) is 2.23. The number of hydrogen-bond donors (Lipinski definition) is 1. The third kappa shape index (κ3) is 2.96. The Labute approximate surface area is 82.5 Å². The van der Waals surface area contributed by atoms with E-state index in [0.717, 1.165) is 12.5 Å². The van der Waals surface area contributed by atoms with E-state index in [9.17, 15) is 0 Å². The van der Waals surface area contributed by atoms with Gasteiger partial charge in [0, 0.05) is 12.6 Å². The minimum absolute atomic E-state index is 0.616. The molecule has 0 aromatic rings. The van der Waals surface area contributed by atoms with E-state index in [-0.39, 0.29) is 0 Å². The van der Waals surface area contributed by atoms with Gasteiger partial charge in [-0.15, -0.1) is 0 Å². The van der Waals surface area contributed by atoms with E-state index in [1.54, 1.807) is 0 Å². The van der Waals surface area contributed by atoms with Crippen LogP contribution >= 0.6 is 0 Å². The Morgan fingerprint density at radius 1 is 1.38 bits per heavy atom. The molecule has 1 fully saturated rings. The summed E-state index contributed by atoms with van der Waals surface area (Å²) in [5.74, 6) is 1.59. The van der Waals surface area contributed by atoms with Crippen LogP contribution in [0.25, 0.3) is 0 Å². The van der Waals surface area contributed by atoms with E-state index in [1.807, 2.05) is 0 Å². The normalized spacial score (nSPS) is 22.8. The van der Waals surface area contributed by atoms with Gasteiger partial charge in [-0.05, 0) is 45.2 Å². The molecule has 13 heavy (non-hydrogen) atoms. The molecule has 1 rings (SSSR count). The summed E-state index contributed by atoms with van der Waals surface area (Å²) < 4.78 is 0. The van der Waals surface area contributed by atoms with Gasteiger partial charge in [-0.3, -0.25) is 0 Å². The molecular weight excluding hydrogens is 160 g/mol. The molecule has 2 heteroatoms. The predicted octanol–water partition coefficient (Wildman–Crippen LogP) is 1.70. The molecule has 0 spiro atoms. The summed E-state index contributed by atoms with van der Waals surface area (Å²) in [6.45, 7) is 6.60. The van der Waals surface area contributed by atoms with Crippen LogP contribution in [0.3, 0.4) is 0 Å². The van der Waals surface area contributed by atoms with Crippen LogP contribution in [0.5, 0.6) is 0 Å². The van der Waals surface area contributed by atoms with Crippen LogP contribution in [-0.4, -0.2) is 31.1 Å². The van der Waals surface area contributed by atoms with Crippen LogP contribution in [0.4, 0.5) is 0 Å². The Bertz CT molecular complexity index is 143. The quantitative estimate of drug-likeness (QED) is 0.704. The van der Waals surface area contributed by atoms with Crippen molar-refractivity contribution in [2.45, 2.75) is 39.2 Å². The minimum atomic E-state index is 0.616. The molecule has 2 nitrogen and oxygen atoms in total. The molecule has 0 radical (unpaired) electrons. The number of hydrogen-bond acceptors (Lipinski definition) is 2. The highest BCUT2D eigenvalue weighted by Crippen LogP contribution is 2.27. The minimum Gasteiger partial charge on any atom is -0.330 e. The largest absolute Gasteiger partial charge is 0.330 e. The Kier molecular flexibility index (Phi) is 4.20. The van der Waals surface area contributed by atoms with Gasteiger partial charge in [-0.25, -0.2) is 0 Å². The van der Waals surface area contributed by atoms with Crippen LogP contribution in [0.2, 0.25) is 0 Å². The molecule has 1 aliphatic carbocycles. The molecule has 1 aliphatic rings. The maximum atomic E-state index is 5.66. The molecule has 0 saturated heterocycles. The van der Waals surface area contributed by atoms with Crippen molar-refractivity contribution in [2.24, 2.45) is 17.6 Å². The number of nitrogens with two attached hydrogens (primary N) is 1. The molecule has 0 amide bonds. The lowest BCUT2D eigenvalue weighted by Crippen LogP contribution is -2.41. The van der Waals surface area contributed by atoms with Crippen LogP contribution < -0.4 is 5.73 Å². The van der Waals surface area contributed by atoms with Crippen LogP contribution in [0, 0.1) is 11.8 Å². The van der Waals surface area contributed by atoms with Gasteiger partial charge >= 0.3 is 0 Å². The highest BCUT2D eigenvalue weighted by Gasteiger charge is 2.22. The maximum absolute atomic E-state index is 5.66. The van der Waals surface area contributed by atoms with Crippen molar-refractivity contribution in [3.63, 3.8) is 0 Å². The van der Waals surface area contributed by atoms with Crippen molar-refractivity contribution in [1.29, 1.82) is 0 Å². The Hall–Kier alpha value is -0.0800. The summed E-state index contributed by atoms with van der Waals surface area (Å²) in [5, 5.41) is 0. The van der Waals surface area contributed by atoms with Gasteiger partial charge in [-0.1, -0.05) is 13.3 Å². The predicted molar refractivity (Wildman–Crippen MR) is 57.7 cm³/mol. The van der Waals surface area contributed by atoms with Gasteiger partial charge in [0.2, 0.25) is 0 Å². The fraction of sp³-hybridized carbons (Fsp3) is 1.00. The Morgan fingerprint density at radius 2 is 2.00 bits per heavy atom. The molecule has 78 valence electrons. The average Bonchev–Trinajstić information content (AvgIpc) is 2.08. The second kappa shape index (κ2) is 4.97. The van der Waals surface area contributed by atoms with E-state index in [2.05, 4.69) is 25.8 Å². The lowest BCUT2D eigenvalue weighted by atomic mass is 9.84. The second-order valence-corrected chi connectivity index (χ2v) is 4.69. The first-order valence-electron chi connectivity index (χ1n) is 5.55. The zero-order chi connectivity index (χ0) is 9.84. The Morgan fingerprint density at radius 3 is 2.38 bits per heavy atom. The monoisotopic (exact) mass is 184 g/mol. The van der Waals surface area contributed by atoms with Crippen molar-refractivity contribution < 1.29 is 0 Å². The molecule has 2 N–H and O–H groups in total. The van der Waals surface area contributed by atoms with Crippen molar-refractivity contribution in [1.82, 2.24) is 4.90 Å². The van der Waals surface area contributed by atoms with Crippen molar-refractivity contribution in [3.05, 3.63) is 0 Å². The van der Waals surface area contributed by atoms with Gasteiger partial charge in [0.25, 0.3) is 0 Å². The van der Waals surface area contributed by atoms with E-state index >= 15 is 0 Å². The lowest BCUT2D eigenvalue weighted by molar-refractivity contribution is 0.141. The van der Waals surface area contributed by atoms with Crippen LogP contribution in [0.15, 0.2) is 0 Å². The van der Waals surface area contributed by atoms with Gasteiger partial charge in [0.1, 0.15) is 0 Å². The van der Waals surface area contributed by atoms with Gasteiger partial charge in [0.05, 0.1) is 0 Å². The first-order chi connectivity index (χ1) is 6.15. The summed E-state index contributed by atoms with van der Waals surface area (Å²) in [6.07, 6.45) is 4.32. The van der Waals surface area contributed by atoms with Gasteiger partial charge < -0.3 is 10.6 Å². The highest BCUT2D eigenvalue weighted by atomic mass is 15.1. The molecule has 2 unspecified atom stereocenters. The first kappa shape index (κ1) is 11.0. The Balaban J connectivity index is 2.23. The van der Waals surface area contributed by atoms with Crippen molar-refractivity contribution >= 4 is 0 Å². The fourth-order valence-electron chi connectivity index (χ4n) is 1.88. The zero-order valence-corrected chi connectivity index (χ0v) is 9.29. The molecule has 0 bridgehead atoms. The van der Waals surface area contributed by atoms with Crippen LogP contribution in [-0.2, 0) is 0 Å². The maximum Gasteiger partial charge on any atom is 0.0102 e. The fourth-order valence-corrected chi connectivity index (χ4v) is 1.88. The molecular formula is C11H24N2. The molecule has 2 atom stereocenters. The van der Waals surface area contributed by atoms with Crippen molar-refractivity contribution in [2.75, 3.05) is 20.1 Å². The van der Waals surface area contributed by atoms with Crippen molar-refractivity contribution in [3.8, 4) is 0 Å².